The molecule has 0 bridgehead atoms. The summed E-state index contributed by atoms with van der Waals surface area (Å²) in [6, 6.07) is -1.04. The van der Waals surface area contributed by atoms with Crippen LogP contribution in [-0.2, 0) is 47.7 Å². The normalized spacial score (nSPS) is 12.2. The molecule has 0 aromatic rings. The number of carbonyl (C=O) groups is 6. The van der Waals surface area contributed by atoms with Crippen LogP contribution < -0.4 is 21.3 Å². The van der Waals surface area contributed by atoms with Gasteiger partial charge in [-0.05, 0) is 36.5 Å². The highest BCUT2D eigenvalue weighted by molar-refractivity contribution is 7.18. The van der Waals surface area contributed by atoms with E-state index in [-0.39, 0.29) is 102 Å². The average molecular weight is 709 g/mol. The predicted molar refractivity (Wildman–Crippen MR) is 179 cm³/mol. The third-order valence-electron chi connectivity index (χ3n) is 6.63. The van der Waals surface area contributed by atoms with Gasteiger partial charge in [0.05, 0.1) is 46.1 Å². The maximum atomic E-state index is 12.3. The van der Waals surface area contributed by atoms with Crippen molar-refractivity contribution in [3.05, 3.63) is 0 Å². The van der Waals surface area contributed by atoms with Crippen LogP contribution in [0.25, 0.3) is 0 Å². The summed E-state index contributed by atoms with van der Waals surface area (Å²) in [6.07, 6.45) is 2.54. The molecule has 48 heavy (non-hydrogen) atoms. The molecular formula is C31H57N4O12P. The van der Waals surface area contributed by atoms with E-state index < -0.39 is 29.3 Å². The molecule has 0 spiro atoms. The van der Waals surface area contributed by atoms with E-state index in [0.29, 0.717) is 38.5 Å². The number of nitrogens with one attached hydrogen (secondary N) is 4. The van der Waals surface area contributed by atoms with Crippen molar-refractivity contribution in [3.63, 3.8) is 0 Å². The van der Waals surface area contributed by atoms with E-state index in [1.165, 1.54) is 0 Å². The van der Waals surface area contributed by atoms with Crippen molar-refractivity contribution in [1.29, 1.82) is 0 Å². The molecule has 4 amide bonds. The smallest absolute Gasteiger partial charge is 0.326 e. The summed E-state index contributed by atoms with van der Waals surface area (Å²) in [4.78, 5) is 69.7. The highest BCUT2D eigenvalue weighted by Gasteiger charge is 2.32. The van der Waals surface area contributed by atoms with Crippen LogP contribution in [0.15, 0.2) is 0 Å². The van der Waals surface area contributed by atoms with Crippen LogP contribution in [0.2, 0.25) is 0 Å². The molecular weight excluding hydrogens is 651 g/mol. The van der Waals surface area contributed by atoms with Crippen molar-refractivity contribution < 1.29 is 57.9 Å². The number of hydrogen-bond donors (Lipinski definition) is 6. The number of carbonyl (C=O) groups excluding carboxylic acids is 4. The number of unbranched alkanes of at least 4 members (excludes halogenated alkanes) is 1. The van der Waals surface area contributed by atoms with Crippen molar-refractivity contribution in [2.24, 2.45) is 10.8 Å². The summed E-state index contributed by atoms with van der Waals surface area (Å²) in [7, 11) is 2.32. The molecule has 0 aromatic heterocycles. The molecule has 0 saturated carbocycles. The summed E-state index contributed by atoms with van der Waals surface area (Å²) < 4.78 is 21.2. The first-order valence-corrected chi connectivity index (χ1v) is 16.9. The zero-order chi connectivity index (χ0) is 36.4. The number of hydrogen-bond acceptors (Lipinski definition) is 10. The minimum Gasteiger partial charge on any atom is -0.481 e. The highest BCUT2D eigenvalue weighted by Crippen LogP contribution is 2.38. The second-order valence-corrected chi connectivity index (χ2v) is 13.2. The summed E-state index contributed by atoms with van der Waals surface area (Å²) in [5, 5.41) is 28.9. The Morgan fingerprint density at radius 3 is 1.67 bits per heavy atom. The molecule has 17 heteroatoms. The SMILES string of the molecule is CC(C)(CC(=O)O)CC(C)(C)CC(=O)NCCOCCOCC(=O)NCCOCCOCC(=O)NC(CCCCNC(=O)CP)C(=O)O. The van der Waals surface area contributed by atoms with Crippen molar-refractivity contribution in [1.82, 2.24) is 21.3 Å². The molecule has 0 heterocycles. The molecule has 2 atom stereocenters. The molecule has 0 radical (unpaired) electrons. The van der Waals surface area contributed by atoms with Crippen molar-refractivity contribution in [3.8, 4) is 0 Å². The maximum absolute atomic E-state index is 12.3. The van der Waals surface area contributed by atoms with Crippen LogP contribution in [0.3, 0.4) is 0 Å². The Morgan fingerprint density at radius 2 is 1.12 bits per heavy atom. The van der Waals surface area contributed by atoms with Gasteiger partial charge in [-0.25, -0.2) is 4.79 Å². The minimum atomic E-state index is -1.14. The summed E-state index contributed by atoms with van der Waals surface area (Å²) in [6.45, 7) is 9.39. The number of rotatable bonds is 30. The van der Waals surface area contributed by atoms with Crippen LogP contribution in [0.1, 0.15) is 66.2 Å². The quantitative estimate of drug-likeness (QED) is 0.0438. The molecule has 0 aliphatic rings. The third kappa shape index (κ3) is 27.1. The van der Waals surface area contributed by atoms with Gasteiger partial charge in [0.15, 0.2) is 0 Å². The number of carboxylic acid groups (broad SMARTS) is 2. The predicted octanol–water partition coefficient (Wildman–Crippen LogP) is 0.324. The summed E-state index contributed by atoms with van der Waals surface area (Å²) in [5.74, 6) is -3.13. The van der Waals surface area contributed by atoms with E-state index in [0.717, 1.165) is 0 Å². The first-order chi connectivity index (χ1) is 22.6. The zero-order valence-corrected chi connectivity index (χ0v) is 30.0. The largest absolute Gasteiger partial charge is 0.481 e. The van der Waals surface area contributed by atoms with E-state index in [4.69, 9.17) is 24.1 Å². The highest BCUT2D eigenvalue weighted by atomic mass is 31.0. The van der Waals surface area contributed by atoms with Crippen LogP contribution in [-0.4, -0.2) is 130 Å². The van der Waals surface area contributed by atoms with E-state index in [2.05, 4.69) is 30.5 Å². The van der Waals surface area contributed by atoms with Gasteiger partial charge >= 0.3 is 11.9 Å². The molecule has 0 aliphatic carbocycles. The molecule has 16 nitrogen and oxygen atoms in total. The van der Waals surface area contributed by atoms with Gasteiger partial charge in [0, 0.05) is 32.2 Å². The topological polar surface area (TPSA) is 228 Å². The molecule has 0 fully saturated rings. The maximum Gasteiger partial charge on any atom is 0.326 e. The zero-order valence-electron chi connectivity index (χ0n) is 28.9. The van der Waals surface area contributed by atoms with Crippen LogP contribution in [0, 0.1) is 10.8 Å². The fourth-order valence-corrected chi connectivity index (χ4v) is 5.08. The van der Waals surface area contributed by atoms with E-state index >= 15 is 0 Å². The Morgan fingerprint density at radius 1 is 0.625 bits per heavy atom. The first-order valence-electron chi connectivity index (χ1n) is 16.1. The van der Waals surface area contributed by atoms with Crippen LogP contribution >= 0.6 is 9.24 Å². The molecule has 0 saturated heterocycles. The van der Waals surface area contributed by atoms with Gasteiger partial charge in [-0.15, -0.1) is 9.24 Å². The molecule has 0 rings (SSSR count). The van der Waals surface area contributed by atoms with Gasteiger partial charge in [0.2, 0.25) is 23.6 Å². The van der Waals surface area contributed by atoms with E-state index in [1.807, 2.05) is 27.7 Å². The van der Waals surface area contributed by atoms with Crippen LogP contribution in [0.4, 0.5) is 0 Å². The Hall–Kier alpha value is -2.91. The molecule has 0 aliphatic heterocycles. The fraction of sp³-hybridized carbons (Fsp3) is 0.806. The van der Waals surface area contributed by atoms with Gasteiger partial charge in [-0.3, -0.25) is 24.0 Å². The third-order valence-corrected chi connectivity index (χ3v) is 7.00. The molecule has 2 unspecified atom stereocenters. The Balaban J connectivity index is 3.77. The number of amides is 4. The van der Waals surface area contributed by atoms with Gasteiger partial charge < -0.3 is 50.4 Å². The second-order valence-electron chi connectivity index (χ2n) is 12.8. The Kier molecular flexibility index (Phi) is 24.4. The monoisotopic (exact) mass is 708 g/mol. The number of aliphatic carboxylic acids is 2. The summed E-state index contributed by atoms with van der Waals surface area (Å²) in [5.41, 5.74) is -0.773. The Labute approximate surface area is 285 Å². The molecule has 278 valence electrons. The summed E-state index contributed by atoms with van der Waals surface area (Å²) >= 11 is 0. The number of ether oxygens (including phenoxy) is 4. The second kappa shape index (κ2) is 26.0. The number of carboxylic acids is 2. The molecule has 6 N–H and O–H groups in total. The van der Waals surface area contributed by atoms with Gasteiger partial charge in [0.25, 0.3) is 0 Å². The van der Waals surface area contributed by atoms with Crippen molar-refractivity contribution in [2.45, 2.75) is 72.3 Å². The Bertz CT molecular complexity index is 997. The lowest BCUT2D eigenvalue weighted by Crippen LogP contribution is -2.42. The van der Waals surface area contributed by atoms with Gasteiger partial charge in [0.1, 0.15) is 19.3 Å². The van der Waals surface area contributed by atoms with Crippen LogP contribution in [0.5, 0.6) is 0 Å². The average Bonchev–Trinajstić information content (AvgIpc) is 2.97. The minimum absolute atomic E-state index is 0.0389. The van der Waals surface area contributed by atoms with Gasteiger partial charge in [-0.2, -0.15) is 0 Å². The van der Waals surface area contributed by atoms with Crippen molar-refractivity contribution >= 4 is 44.8 Å². The first kappa shape index (κ1) is 45.1. The molecule has 0 aromatic carbocycles. The van der Waals surface area contributed by atoms with E-state index in [9.17, 15) is 33.9 Å². The lowest BCUT2D eigenvalue weighted by molar-refractivity contribution is -0.143. The van der Waals surface area contributed by atoms with Crippen molar-refractivity contribution in [2.75, 3.05) is 78.7 Å². The van der Waals surface area contributed by atoms with E-state index in [1.54, 1.807) is 0 Å². The van der Waals surface area contributed by atoms with Gasteiger partial charge in [-0.1, -0.05) is 27.7 Å². The lowest BCUT2D eigenvalue weighted by atomic mass is 9.72. The fourth-order valence-electron chi connectivity index (χ4n) is 4.94. The standard InChI is InChI=1S/C31H57N4O12P/c1-30(2,22-31(3,4)18-28(40)41)17-24(36)33-9-11-44-13-15-46-19-25(37)34-10-12-45-14-16-47-20-26(38)35-23(29(42)43)7-5-6-8-32-27(39)21-48/h23H,5-22,48H2,1-4H3,(H,32,39)(H,33,36)(H,34,37)(H,35,38)(H,40,41)(H,42,43). The lowest BCUT2D eigenvalue weighted by Gasteiger charge is -2.33.